The van der Waals surface area contributed by atoms with Crippen molar-refractivity contribution in [1.29, 1.82) is 10.7 Å². The van der Waals surface area contributed by atoms with Gasteiger partial charge in [-0.25, -0.2) is 4.79 Å². The molecule has 166 valence electrons. The minimum Gasteiger partial charge on any atom is -0.453 e. The summed E-state index contributed by atoms with van der Waals surface area (Å²) < 4.78 is 4.66. The number of hydrogen-bond acceptors (Lipinski definition) is 5. The number of carbonyl (C=O) groups is 2. The third-order valence-corrected chi connectivity index (χ3v) is 4.98. The van der Waals surface area contributed by atoms with E-state index in [4.69, 9.17) is 11.1 Å². The summed E-state index contributed by atoms with van der Waals surface area (Å²) in [6.07, 6.45) is -0.559. The number of amides is 2. The first kappa shape index (κ1) is 23.0. The summed E-state index contributed by atoms with van der Waals surface area (Å²) in [5.74, 6) is -0.518. The summed E-state index contributed by atoms with van der Waals surface area (Å²) in [5, 5.41) is 22.2. The molecule has 0 aromatic heterocycles. The Labute approximate surface area is 191 Å². The van der Waals surface area contributed by atoms with E-state index in [1.165, 1.54) is 7.11 Å². The number of nitrogens with two attached hydrogens (primary N) is 1. The summed E-state index contributed by atoms with van der Waals surface area (Å²) >= 11 is 0. The number of amidine groups is 1. The molecule has 0 fully saturated rings. The zero-order chi connectivity index (χ0) is 23.8. The Morgan fingerprint density at radius 3 is 2.48 bits per heavy atom. The van der Waals surface area contributed by atoms with Crippen LogP contribution in [0.25, 0.3) is 11.1 Å². The van der Waals surface area contributed by atoms with Crippen LogP contribution in [0.15, 0.2) is 72.8 Å². The molecule has 0 aliphatic carbocycles. The molecule has 0 aliphatic rings. The Hall–Kier alpha value is -4.64. The van der Waals surface area contributed by atoms with Gasteiger partial charge < -0.3 is 21.1 Å². The number of rotatable bonds is 7. The van der Waals surface area contributed by atoms with E-state index < -0.39 is 18.0 Å². The molecule has 8 nitrogen and oxygen atoms in total. The lowest BCUT2D eigenvalue weighted by Crippen LogP contribution is -2.45. The van der Waals surface area contributed by atoms with Crippen LogP contribution >= 0.6 is 0 Å². The van der Waals surface area contributed by atoms with Crippen molar-refractivity contribution in [3.63, 3.8) is 0 Å². The monoisotopic (exact) mass is 441 g/mol. The maximum absolute atomic E-state index is 13.0. The molecule has 0 saturated carbocycles. The molecule has 0 aliphatic heterocycles. The number of carbonyl (C=O) groups excluding carboxylic acids is 2. The average molecular weight is 441 g/mol. The van der Waals surface area contributed by atoms with Crippen LogP contribution in [0.3, 0.4) is 0 Å². The standard InChI is InChI=1S/C25H23N5O3/c1-33-25(32)30-22(14-16-5-4-7-18(13-16)23(27)28)24(31)29-20-11-9-17(10-12-20)21-8-3-2-6-19(21)15-26/h2-13,22H,14H2,1H3,(H3,27,28)(H,29,31)(H,30,32)/t22-/m0/s1. The highest BCUT2D eigenvalue weighted by molar-refractivity contribution is 5.97. The smallest absolute Gasteiger partial charge is 0.407 e. The summed E-state index contributed by atoms with van der Waals surface area (Å²) in [6, 6.07) is 22.5. The number of nitriles is 1. The summed E-state index contributed by atoms with van der Waals surface area (Å²) in [4.78, 5) is 24.8. The first-order valence-corrected chi connectivity index (χ1v) is 10.1. The van der Waals surface area contributed by atoms with Crippen molar-refractivity contribution in [1.82, 2.24) is 5.32 Å². The van der Waals surface area contributed by atoms with Crippen LogP contribution < -0.4 is 16.4 Å². The molecule has 0 bridgehead atoms. The maximum atomic E-state index is 13.0. The summed E-state index contributed by atoms with van der Waals surface area (Å²) in [5.41, 5.74) is 9.53. The van der Waals surface area contributed by atoms with Gasteiger partial charge in [-0.2, -0.15) is 5.26 Å². The Bertz CT molecular complexity index is 1220. The summed E-state index contributed by atoms with van der Waals surface area (Å²) in [6.45, 7) is 0. The fourth-order valence-corrected chi connectivity index (χ4v) is 3.31. The first-order chi connectivity index (χ1) is 15.9. The van der Waals surface area contributed by atoms with Gasteiger partial charge in [0.25, 0.3) is 0 Å². The van der Waals surface area contributed by atoms with Crippen molar-refractivity contribution in [2.24, 2.45) is 5.73 Å². The van der Waals surface area contributed by atoms with Gasteiger partial charge in [-0.1, -0.05) is 48.5 Å². The van der Waals surface area contributed by atoms with E-state index in [2.05, 4.69) is 21.4 Å². The minimum absolute atomic E-state index is 0.0863. The van der Waals surface area contributed by atoms with Gasteiger partial charge in [0, 0.05) is 17.7 Å². The number of nitrogens with zero attached hydrogens (tertiary/aromatic N) is 1. The van der Waals surface area contributed by atoms with E-state index in [9.17, 15) is 14.9 Å². The number of nitrogens with one attached hydrogen (secondary N) is 3. The molecule has 0 heterocycles. The highest BCUT2D eigenvalue weighted by Crippen LogP contribution is 2.24. The summed E-state index contributed by atoms with van der Waals surface area (Å²) in [7, 11) is 1.22. The van der Waals surface area contributed by atoms with E-state index in [0.29, 0.717) is 16.8 Å². The lowest BCUT2D eigenvalue weighted by atomic mass is 10.00. The van der Waals surface area contributed by atoms with Gasteiger partial charge in [-0.05, 0) is 41.0 Å². The molecule has 5 N–H and O–H groups in total. The fourth-order valence-electron chi connectivity index (χ4n) is 3.31. The number of nitrogen functional groups attached to an aromatic ring is 1. The molecule has 0 spiro atoms. The molecule has 3 aromatic rings. The highest BCUT2D eigenvalue weighted by Gasteiger charge is 2.22. The third-order valence-electron chi connectivity index (χ3n) is 4.98. The Morgan fingerprint density at radius 1 is 1.09 bits per heavy atom. The molecule has 0 unspecified atom stereocenters. The molecule has 0 radical (unpaired) electrons. The van der Waals surface area contributed by atoms with Gasteiger partial charge in [0.05, 0.1) is 18.7 Å². The number of hydrogen-bond donors (Lipinski definition) is 4. The largest absolute Gasteiger partial charge is 0.453 e. The first-order valence-electron chi connectivity index (χ1n) is 10.1. The van der Waals surface area contributed by atoms with Gasteiger partial charge in [-0.3, -0.25) is 10.2 Å². The predicted octanol–water partition coefficient (Wildman–Crippen LogP) is 3.42. The van der Waals surface area contributed by atoms with Crippen LogP contribution in [0.1, 0.15) is 16.7 Å². The van der Waals surface area contributed by atoms with Crippen molar-refractivity contribution in [3.8, 4) is 17.2 Å². The van der Waals surface area contributed by atoms with Crippen LogP contribution in [0.5, 0.6) is 0 Å². The lowest BCUT2D eigenvalue weighted by Gasteiger charge is -2.18. The molecule has 8 heteroatoms. The van der Waals surface area contributed by atoms with Crippen LogP contribution in [-0.4, -0.2) is 31.0 Å². The number of ether oxygens (including phenoxy) is 1. The van der Waals surface area contributed by atoms with Gasteiger partial charge in [0.15, 0.2) is 0 Å². The second-order valence-corrected chi connectivity index (χ2v) is 7.23. The van der Waals surface area contributed by atoms with E-state index >= 15 is 0 Å². The highest BCUT2D eigenvalue weighted by atomic mass is 16.5. The third kappa shape index (κ3) is 5.95. The maximum Gasteiger partial charge on any atom is 0.407 e. The van der Waals surface area contributed by atoms with Crippen molar-refractivity contribution >= 4 is 23.5 Å². The molecule has 3 aromatic carbocycles. The van der Waals surface area contributed by atoms with Gasteiger partial charge in [-0.15, -0.1) is 0 Å². The zero-order valence-electron chi connectivity index (χ0n) is 18.0. The van der Waals surface area contributed by atoms with Crippen LogP contribution in [-0.2, 0) is 16.0 Å². The van der Waals surface area contributed by atoms with Gasteiger partial charge in [0.2, 0.25) is 5.91 Å². The van der Waals surface area contributed by atoms with Gasteiger partial charge >= 0.3 is 6.09 Å². The van der Waals surface area contributed by atoms with Crippen LogP contribution in [0, 0.1) is 16.7 Å². The molecule has 0 saturated heterocycles. The quantitative estimate of drug-likeness (QED) is 0.328. The number of anilines is 1. The Morgan fingerprint density at radius 2 is 1.82 bits per heavy atom. The second kappa shape index (κ2) is 10.6. The van der Waals surface area contributed by atoms with E-state index in [0.717, 1.165) is 16.7 Å². The van der Waals surface area contributed by atoms with Crippen LogP contribution in [0.2, 0.25) is 0 Å². The Kier molecular flexibility index (Phi) is 7.39. The van der Waals surface area contributed by atoms with Crippen LogP contribution in [0.4, 0.5) is 10.5 Å². The van der Waals surface area contributed by atoms with E-state index in [1.54, 1.807) is 48.5 Å². The molecule has 2 amide bonds. The normalized spacial score (nSPS) is 11.0. The minimum atomic E-state index is -0.918. The average Bonchev–Trinajstić information content (AvgIpc) is 2.84. The lowest BCUT2D eigenvalue weighted by molar-refractivity contribution is -0.118. The molecule has 33 heavy (non-hydrogen) atoms. The van der Waals surface area contributed by atoms with Crippen molar-refractivity contribution in [2.45, 2.75) is 12.5 Å². The van der Waals surface area contributed by atoms with Crippen molar-refractivity contribution in [3.05, 3.63) is 89.5 Å². The second-order valence-electron chi connectivity index (χ2n) is 7.23. The zero-order valence-corrected chi connectivity index (χ0v) is 18.0. The van der Waals surface area contributed by atoms with E-state index in [1.807, 2.05) is 24.3 Å². The van der Waals surface area contributed by atoms with Gasteiger partial charge in [0.1, 0.15) is 11.9 Å². The predicted molar refractivity (Wildman–Crippen MR) is 126 cm³/mol. The molecular formula is C25H23N5O3. The SMILES string of the molecule is COC(=O)N[C@@H](Cc1cccc(C(=N)N)c1)C(=O)Nc1ccc(-c2ccccc2C#N)cc1. The Balaban J connectivity index is 1.77. The molecule has 3 rings (SSSR count). The number of methoxy groups -OCH3 is 1. The molecule has 1 atom stereocenters. The fraction of sp³-hybridized carbons (Fsp3) is 0.120. The molecular weight excluding hydrogens is 418 g/mol. The number of benzene rings is 3. The van der Waals surface area contributed by atoms with Crippen molar-refractivity contribution in [2.75, 3.05) is 12.4 Å². The number of alkyl carbamates (subject to hydrolysis) is 1. The van der Waals surface area contributed by atoms with Crippen molar-refractivity contribution < 1.29 is 14.3 Å². The van der Waals surface area contributed by atoms with E-state index in [-0.39, 0.29) is 12.3 Å². The topological polar surface area (TPSA) is 141 Å².